The van der Waals surface area contributed by atoms with Crippen LogP contribution in [-0.2, 0) is 21.2 Å². The van der Waals surface area contributed by atoms with E-state index in [1.807, 2.05) is 27.8 Å². The quantitative estimate of drug-likeness (QED) is 0.732. The minimum Gasteiger partial charge on any atom is -0.340 e. The van der Waals surface area contributed by atoms with Crippen molar-refractivity contribution in [2.24, 2.45) is 0 Å². The molecule has 2 aromatic rings. The molecule has 9 heteroatoms. The van der Waals surface area contributed by atoms with E-state index in [4.69, 9.17) is 11.6 Å². The van der Waals surface area contributed by atoms with Crippen LogP contribution in [0.2, 0.25) is 5.02 Å². The van der Waals surface area contributed by atoms with Gasteiger partial charge < -0.3 is 4.90 Å². The summed E-state index contributed by atoms with van der Waals surface area (Å²) >= 11 is 6.04. The third kappa shape index (κ3) is 4.96. The SMILES string of the molecule is CS(=O)(=O)CCN1CCN(C(=O)CCn2ncc3ccc(Cl)cc32)CC1. The molecule has 7 nitrogen and oxygen atoms in total. The maximum Gasteiger partial charge on any atom is 0.224 e. The Bertz CT molecular complexity index is 889. The Morgan fingerprint density at radius 3 is 2.62 bits per heavy atom. The van der Waals surface area contributed by atoms with Gasteiger partial charge in [-0.15, -0.1) is 0 Å². The zero-order valence-electron chi connectivity index (χ0n) is 14.8. The van der Waals surface area contributed by atoms with Gasteiger partial charge >= 0.3 is 0 Å². The summed E-state index contributed by atoms with van der Waals surface area (Å²) in [6.07, 6.45) is 3.41. The largest absolute Gasteiger partial charge is 0.340 e. The number of hydrogen-bond acceptors (Lipinski definition) is 5. The van der Waals surface area contributed by atoms with Gasteiger partial charge in [0, 0.05) is 55.8 Å². The minimum absolute atomic E-state index is 0.0958. The van der Waals surface area contributed by atoms with Crippen LogP contribution < -0.4 is 0 Å². The van der Waals surface area contributed by atoms with Gasteiger partial charge in [-0.3, -0.25) is 14.4 Å². The van der Waals surface area contributed by atoms with Crippen molar-refractivity contribution in [3.05, 3.63) is 29.4 Å². The number of carbonyl (C=O) groups excluding carboxylic acids is 1. The number of benzene rings is 1. The third-order valence-corrected chi connectivity index (χ3v) is 5.81. The number of amides is 1. The zero-order valence-corrected chi connectivity index (χ0v) is 16.3. The fourth-order valence-electron chi connectivity index (χ4n) is 3.10. The molecule has 0 aliphatic carbocycles. The summed E-state index contributed by atoms with van der Waals surface area (Å²) in [5.41, 5.74) is 0.927. The molecule has 2 heterocycles. The normalized spacial score (nSPS) is 16.3. The second-order valence-electron chi connectivity index (χ2n) is 6.67. The van der Waals surface area contributed by atoms with Crippen LogP contribution in [0.4, 0.5) is 0 Å². The van der Waals surface area contributed by atoms with E-state index in [2.05, 4.69) is 10.00 Å². The first kappa shape index (κ1) is 19.1. The highest BCUT2D eigenvalue weighted by Gasteiger charge is 2.21. The van der Waals surface area contributed by atoms with Crippen molar-refractivity contribution in [3.63, 3.8) is 0 Å². The Hall–Kier alpha value is -1.64. The van der Waals surface area contributed by atoms with Gasteiger partial charge in [0.05, 0.1) is 24.0 Å². The summed E-state index contributed by atoms with van der Waals surface area (Å²) in [5.74, 6) is 0.258. The first-order valence-corrected chi connectivity index (χ1v) is 11.0. The van der Waals surface area contributed by atoms with E-state index in [9.17, 15) is 13.2 Å². The van der Waals surface area contributed by atoms with Crippen molar-refractivity contribution in [1.82, 2.24) is 19.6 Å². The first-order chi connectivity index (χ1) is 12.3. The first-order valence-electron chi connectivity index (χ1n) is 8.61. The number of aryl methyl sites for hydroxylation is 1. The average Bonchev–Trinajstić information content (AvgIpc) is 3.00. The third-order valence-electron chi connectivity index (χ3n) is 4.65. The number of sulfone groups is 1. The number of aromatic nitrogens is 2. The Balaban J connectivity index is 1.49. The highest BCUT2D eigenvalue weighted by Crippen LogP contribution is 2.19. The number of hydrogen-bond donors (Lipinski definition) is 0. The summed E-state index contributed by atoms with van der Waals surface area (Å²) in [5, 5.41) is 5.99. The van der Waals surface area contributed by atoms with Gasteiger partial charge in [-0.05, 0) is 18.2 Å². The van der Waals surface area contributed by atoms with E-state index >= 15 is 0 Å². The van der Waals surface area contributed by atoms with Crippen molar-refractivity contribution < 1.29 is 13.2 Å². The van der Waals surface area contributed by atoms with Gasteiger partial charge in [0.15, 0.2) is 0 Å². The zero-order chi connectivity index (χ0) is 18.7. The average molecular weight is 399 g/mol. The topological polar surface area (TPSA) is 75.5 Å². The van der Waals surface area contributed by atoms with Crippen LogP contribution in [0.3, 0.4) is 0 Å². The predicted octanol–water partition coefficient (Wildman–Crippen LogP) is 1.27. The van der Waals surface area contributed by atoms with Gasteiger partial charge in [0.2, 0.25) is 5.91 Å². The van der Waals surface area contributed by atoms with Gasteiger partial charge in [0.25, 0.3) is 0 Å². The van der Waals surface area contributed by atoms with Crippen LogP contribution in [-0.4, -0.2) is 78.6 Å². The van der Waals surface area contributed by atoms with Crippen molar-refractivity contribution in [2.75, 3.05) is 44.7 Å². The van der Waals surface area contributed by atoms with Crippen molar-refractivity contribution in [3.8, 4) is 0 Å². The number of rotatable bonds is 6. The molecule has 0 atom stereocenters. The Kier molecular flexibility index (Phi) is 5.84. The summed E-state index contributed by atoms with van der Waals surface area (Å²) in [7, 11) is -2.95. The molecule has 142 valence electrons. The number of piperazine rings is 1. The Labute approximate surface area is 158 Å². The van der Waals surface area contributed by atoms with Crippen LogP contribution in [0, 0.1) is 0 Å². The summed E-state index contributed by atoms with van der Waals surface area (Å²) in [4.78, 5) is 16.4. The number of carbonyl (C=O) groups is 1. The van der Waals surface area contributed by atoms with Crippen molar-refractivity contribution in [2.45, 2.75) is 13.0 Å². The molecule has 1 aromatic carbocycles. The number of halogens is 1. The molecule has 0 N–H and O–H groups in total. The highest BCUT2D eigenvalue weighted by molar-refractivity contribution is 7.90. The molecule has 1 aliphatic rings. The smallest absolute Gasteiger partial charge is 0.224 e. The van der Waals surface area contributed by atoms with Crippen LogP contribution in [0.25, 0.3) is 10.9 Å². The van der Waals surface area contributed by atoms with Crippen LogP contribution in [0.1, 0.15) is 6.42 Å². The lowest BCUT2D eigenvalue weighted by molar-refractivity contribution is -0.133. The second-order valence-corrected chi connectivity index (χ2v) is 9.37. The standard InChI is InChI=1S/C17H23ClN4O3S/c1-26(24,25)11-10-20-6-8-21(9-7-20)17(23)4-5-22-16-12-15(18)3-2-14(16)13-19-22/h2-3,12-13H,4-11H2,1H3. The lowest BCUT2D eigenvalue weighted by atomic mass is 10.2. The van der Waals surface area contributed by atoms with Gasteiger partial charge in [-0.2, -0.15) is 5.10 Å². The lowest BCUT2D eigenvalue weighted by Crippen LogP contribution is -2.49. The molecular formula is C17H23ClN4O3S. The molecule has 26 heavy (non-hydrogen) atoms. The minimum atomic E-state index is -2.95. The van der Waals surface area contributed by atoms with E-state index < -0.39 is 9.84 Å². The fourth-order valence-corrected chi connectivity index (χ4v) is 3.85. The van der Waals surface area contributed by atoms with E-state index in [1.54, 1.807) is 6.20 Å². The molecule has 1 amide bonds. The molecule has 3 rings (SSSR count). The maximum atomic E-state index is 12.5. The van der Waals surface area contributed by atoms with E-state index in [-0.39, 0.29) is 11.7 Å². The number of nitrogens with zero attached hydrogens (tertiary/aromatic N) is 4. The Morgan fingerprint density at radius 1 is 1.19 bits per heavy atom. The maximum absolute atomic E-state index is 12.5. The van der Waals surface area contributed by atoms with Crippen LogP contribution in [0.15, 0.2) is 24.4 Å². The summed E-state index contributed by atoms with van der Waals surface area (Å²) < 4.78 is 24.3. The molecule has 0 unspecified atom stereocenters. The molecular weight excluding hydrogens is 376 g/mol. The van der Waals surface area contributed by atoms with Gasteiger partial charge in [-0.25, -0.2) is 8.42 Å². The van der Waals surface area contributed by atoms with Crippen LogP contribution in [0.5, 0.6) is 0 Å². The molecule has 1 fully saturated rings. The highest BCUT2D eigenvalue weighted by atomic mass is 35.5. The van der Waals surface area contributed by atoms with E-state index in [1.165, 1.54) is 6.26 Å². The van der Waals surface area contributed by atoms with E-state index in [0.29, 0.717) is 50.7 Å². The molecule has 0 saturated carbocycles. The molecule has 0 radical (unpaired) electrons. The van der Waals surface area contributed by atoms with Crippen LogP contribution >= 0.6 is 11.6 Å². The molecule has 1 saturated heterocycles. The second kappa shape index (κ2) is 7.94. The monoisotopic (exact) mass is 398 g/mol. The lowest BCUT2D eigenvalue weighted by Gasteiger charge is -2.34. The van der Waals surface area contributed by atoms with Gasteiger partial charge in [-0.1, -0.05) is 11.6 Å². The Morgan fingerprint density at radius 2 is 1.92 bits per heavy atom. The molecule has 1 aromatic heterocycles. The predicted molar refractivity (Wildman–Crippen MR) is 102 cm³/mol. The fraction of sp³-hybridized carbons (Fsp3) is 0.529. The van der Waals surface area contributed by atoms with Gasteiger partial charge in [0.1, 0.15) is 9.84 Å². The van der Waals surface area contributed by atoms with Crippen molar-refractivity contribution in [1.29, 1.82) is 0 Å². The van der Waals surface area contributed by atoms with Crippen molar-refractivity contribution >= 4 is 38.2 Å². The number of fused-ring (bicyclic) bond motifs is 1. The summed E-state index contributed by atoms with van der Waals surface area (Å²) in [6.45, 7) is 3.73. The molecule has 0 spiro atoms. The molecule has 1 aliphatic heterocycles. The molecule has 0 bridgehead atoms. The van der Waals surface area contributed by atoms with E-state index in [0.717, 1.165) is 10.9 Å². The summed E-state index contributed by atoms with van der Waals surface area (Å²) in [6, 6.07) is 5.60.